The first-order valence-electron chi connectivity index (χ1n) is 10.7. The summed E-state index contributed by atoms with van der Waals surface area (Å²) in [5, 5.41) is 28.1. The van der Waals surface area contributed by atoms with Crippen molar-refractivity contribution in [2.75, 3.05) is 13.1 Å². The summed E-state index contributed by atoms with van der Waals surface area (Å²) in [6.45, 7) is 8.26. The monoisotopic (exact) mass is 459 g/mol. The number of aromatic hydroxyl groups is 1. The molecule has 32 heavy (non-hydrogen) atoms. The lowest BCUT2D eigenvalue weighted by atomic mass is 10.1. The molecule has 1 aromatic heterocycles. The van der Waals surface area contributed by atoms with E-state index in [1.54, 1.807) is 20.8 Å². The number of unbranched alkanes of at least 4 members (excludes halogenated alkanes) is 1. The number of hydrogen-bond donors (Lipinski definition) is 1. The van der Waals surface area contributed by atoms with Gasteiger partial charge in [0.1, 0.15) is 11.6 Å². The Morgan fingerprint density at radius 2 is 1.72 bits per heavy atom. The van der Waals surface area contributed by atoms with Crippen molar-refractivity contribution in [2.45, 2.75) is 58.4 Å². The number of sulfonamides is 1. The molecule has 0 atom stereocenters. The van der Waals surface area contributed by atoms with Crippen LogP contribution in [0.3, 0.4) is 0 Å². The molecule has 1 heterocycles. The van der Waals surface area contributed by atoms with Gasteiger partial charge in [-0.1, -0.05) is 34.1 Å². The Labute approximate surface area is 188 Å². The van der Waals surface area contributed by atoms with Crippen LogP contribution in [0.4, 0.5) is 11.4 Å². The van der Waals surface area contributed by atoms with Gasteiger partial charge in [-0.3, -0.25) is 9.36 Å². The van der Waals surface area contributed by atoms with E-state index in [1.165, 1.54) is 28.6 Å². The van der Waals surface area contributed by atoms with Crippen molar-refractivity contribution < 1.29 is 13.5 Å². The summed E-state index contributed by atoms with van der Waals surface area (Å²) in [5.74, 6) is -0.354. The van der Waals surface area contributed by atoms with E-state index in [9.17, 15) is 23.6 Å². The third kappa shape index (κ3) is 5.06. The predicted molar refractivity (Wildman–Crippen MR) is 122 cm³/mol. The van der Waals surface area contributed by atoms with E-state index in [0.717, 1.165) is 11.0 Å². The van der Waals surface area contributed by atoms with Gasteiger partial charge in [-0.15, -0.1) is 5.11 Å². The van der Waals surface area contributed by atoms with Gasteiger partial charge in [0.05, 0.1) is 10.6 Å². The minimum atomic E-state index is -3.59. The van der Waals surface area contributed by atoms with Crippen molar-refractivity contribution in [1.29, 1.82) is 5.26 Å². The van der Waals surface area contributed by atoms with Gasteiger partial charge >= 0.3 is 0 Å². The van der Waals surface area contributed by atoms with Crippen LogP contribution in [0.15, 0.2) is 44.2 Å². The zero-order chi connectivity index (χ0) is 23.9. The van der Waals surface area contributed by atoms with Crippen LogP contribution in [0, 0.1) is 11.3 Å². The largest absolute Gasteiger partial charge is 0.493 e. The molecule has 0 bridgehead atoms. The molecule has 0 unspecified atom stereocenters. The fourth-order valence-electron chi connectivity index (χ4n) is 3.34. The molecule has 0 amide bonds. The highest BCUT2D eigenvalue weighted by molar-refractivity contribution is 7.89. The lowest BCUT2D eigenvalue weighted by Crippen LogP contribution is -2.30. The average molecular weight is 460 g/mol. The Hall–Kier alpha value is -3.03. The third-order valence-corrected chi connectivity index (χ3v) is 7.22. The molecule has 0 radical (unpaired) electrons. The number of nitrogens with zero attached hydrogens (tertiary/aromatic N) is 5. The summed E-state index contributed by atoms with van der Waals surface area (Å²) in [5.41, 5.74) is 0.177. The Morgan fingerprint density at radius 3 is 2.22 bits per heavy atom. The average Bonchev–Trinajstić information content (AvgIpc) is 2.79. The number of benzene rings is 1. The molecule has 0 spiro atoms. The first-order valence-corrected chi connectivity index (χ1v) is 12.1. The van der Waals surface area contributed by atoms with E-state index in [-0.39, 0.29) is 28.6 Å². The van der Waals surface area contributed by atoms with E-state index in [0.29, 0.717) is 37.2 Å². The van der Waals surface area contributed by atoms with Crippen LogP contribution in [-0.4, -0.2) is 35.5 Å². The topological polar surface area (TPSA) is 128 Å². The van der Waals surface area contributed by atoms with Crippen molar-refractivity contribution in [1.82, 2.24) is 8.87 Å². The van der Waals surface area contributed by atoms with Crippen molar-refractivity contribution in [3.8, 4) is 11.9 Å². The molecule has 10 heteroatoms. The maximum absolute atomic E-state index is 12.9. The van der Waals surface area contributed by atoms with Crippen LogP contribution in [-0.2, 0) is 23.0 Å². The van der Waals surface area contributed by atoms with Crippen LogP contribution in [0.25, 0.3) is 0 Å². The molecule has 2 rings (SSSR count). The van der Waals surface area contributed by atoms with Gasteiger partial charge in [-0.2, -0.15) is 14.7 Å². The summed E-state index contributed by atoms with van der Waals surface area (Å²) in [6, 6.07) is 7.86. The molecule has 0 aliphatic carbocycles. The fraction of sp³-hybridized carbons (Fsp3) is 0.455. The van der Waals surface area contributed by atoms with Crippen molar-refractivity contribution in [3.63, 3.8) is 0 Å². The molecular weight excluding hydrogens is 430 g/mol. The molecule has 0 aliphatic rings. The smallest absolute Gasteiger partial charge is 0.281 e. The van der Waals surface area contributed by atoms with Crippen LogP contribution in [0.5, 0.6) is 5.88 Å². The maximum Gasteiger partial charge on any atom is 0.281 e. The van der Waals surface area contributed by atoms with Crippen LogP contribution < -0.4 is 5.56 Å². The van der Waals surface area contributed by atoms with Gasteiger partial charge in [0.2, 0.25) is 15.9 Å². The first-order chi connectivity index (χ1) is 15.3. The molecule has 9 nitrogen and oxygen atoms in total. The highest BCUT2D eigenvalue weighted by Gasteiger charge is 2.22. The third-order valence-electron chi connectivity index (χ3n) is 5.16. The van der Waals surface area contributed by atoms with Crippen molar-refractivity contribution in [3.05, 3.63) is 45.7 Å². The number of azo groups is 1. The Morgan fingerprint density at radius 1 is 1.09 bits per heavy atom. The van der Waals surface area contributed by atoms with Crippen molar-refractivity contribution >= 4 is 21.4 Å². The van der Waals surface area contributed by atoms with Crippen LogP contribution in [0.2, 0.25) is 0 Å². The first kappa shape index (κ1) is 25.2. The number of aromatic nitrogens is 1. The number of hydrogen-bond acceptors (Lipinski definition) is 7. The lowest BCUT2D eigenvalue weighted by molar-refractivity contribution is 0.399. The van der Waals surface area contributed by atoms with Gasteiger partial charge in [0.15, 0.2) is 5.69 Å². The van der Waals surface area contributed by atoms with Crippen molar-refractivity contribution in [2.24, 2.45) is 10.2 Å². The number of nitriles is 1. The number of pyridine rings is 1. The quantitative estimate of drug-likeness (QED) is 0.532. The standard InChI is InChI=1S/C22H29N5O4S/c1-5-9-14-27-21(28)19(15-23)18(6-2)20(22(27)29)25-24-16-10-12-17(13-11-16)32(30,31)26(7-3)8-4/h10-13,28H,5-9,14H2,1-4H3. The minimum Gasteiger partial charge on any atom is -0.493 e. The van der Waals surface area contributed by atoms with Gasteiger partial charge in [-0.25, -0.2) is 8.42 Å². The predicted octanol–water partition coefficient (Wildman–Crippen LogP) is 4.23. The second-order valence-electron chi connectivity index (χ2n) is 7.08. The molecule has 172 valence electrons. The van der Waals surface area contributed by atoms with E-state index in [1.807, 2.05) is 13.0 Å². The van der Waals surface area contributed by atoms with E-state index < -0.39 is 15.6 Å². The Balaban J connectivity index is 2.49. The summed E-state index contributed by atoms with van der Waals surface area (Å²) < 4.78 is 27.7. The normalized spacial score (nSPS) is 11.9. The van der Waals surface area contributed by atoms with Gasteiger partial charge in [-0.05, 0) is 37.1 Å². The highest BCUT2D eigenvalue weighted by atomic mass is 32.2. The number of rotatable bonds is 10. The summed E-state index contributed by atoms with van der Waals surface area (Å²) >= 11 is 0. The summed E-state index contributed by atoms with van der Waals surface area (Å²) in [7, 11) is -3.59. The Kier molecular flexibility index (Phi) is 8.69. The SMILES string of the molecule is CCCCn1c(O)c(C#N)c(CC)c(N=Nc2ccc(S(=O)(=O)N(CC)CC)cc2)c1=O. The van der Waals surface area contributed by atoms with Crippen LogP contribution >= 0.6 is 0 Å². The second kappa shape index (κ2) is 11.0. The molecule has 0 aliphatic heterocycles. The molecule has 2 aromatic rings. The van der Waals surface area contributed by atoms with E-state index in [2.05, 4.69) is 10.2 Å². The molecule has 1 aromatic carbocycles. The second-order valence-corrected chi connectivity index (χ2v) is 9.02. The highest BCUT2D eigenvalue weighted by Crippen LogP contribution is 2.29. The van der Waals surface area contributed by atoms with E-state index >= 15 is 0 Å². The zero-order valence-corrected chi connectivity index (χ0v) is 19.7. The molecular formula is C22H29N5O4S. The summed E-state index contributed by atoms with van der Waals surface area (Å²) in [4.78, 5) is 13.1. The zero-order valence-electron chi connectivity index (χ0n) is 18.9. The fourth-order valence-corrected chi connectivity index (χ4v) is 4.79. The molecule has 1 N–H and O–H groups in total. The van der Waals surface area contributed by atoms with Gasteiger partial charge in [0, 0.05) is 25.2 Å². The van der Waals surface area contributed by atoms with Crippen LogP contribution in [0.1, 0.15) is 51.7 Å². The van der Waals surface area contributed by atoms with Gasteiger partial charge in [0.25, 0.3) is 5.56 Å². The molecule has 0 saturated heterocycles. The molecule has 0 saturated carbocycles. The summed E-state index contributed by atoms with van der Waals surface area (Å²) in [6.07, 6.45) is 1.78. The van der Waals surface area contributed by atoms with Gasteiger partial charge < -0.3 is 5.11 Å². The molecule has 0 fully saturated rings. The maximum atomic E-state index is 12.9. The Bertz CT molecular complexity index is 1170. The lowest BCUT2D eigenvalue weighted by Gasteiger charge is -2.18. The minimum absolute atomic E-state index is 0.00204. The van der Waals surface area contributed by atoms with E-state index in [4.69, 9.17) is 0 Å².